The summed E-state index contributed by atoms with van der Waals surface area (Å²) in [6.07, 6.45) is 0.519. The van der Waals surface area contributed by atoms with Gasteiger partial charge in [-0.05, 0) is 32.1 Å². The molecule has 1 aliphatic heterocycles. The molecule has 7 nitrogen and oxygen atoms in total. The first-order valence-corrected chi connectivity index (χ1v) is 10.5. The van der Waals surface area contributed by atoms with Crippen LogP contribution in [0.5, 0.6) is 0 Å². The largest absolute Gasteiger partial charge is 0.349 e. The van der Waals surface area contributed by atoms with Gasteiger partial charge in [-0.2, -0.15) is 5.10 Å². The van der Waals surface area contributed by atoms with Crippen molar-refractivity contribution in [1.82, 2.24) is 20.0 Å². The van der Waals surface area contributed by atoms with Crippen LogP contribution in [0, 0.1) is 0 Å². The number of carbonyl (C=O) groups is 1. The summed E-state index contributed by atoms with van der Waals surface area (Å²) in [4.78, 5) is 14.4. The zero-order valence-electron chi connectivity index (χ0n) is 15.1. The average molecular weight is 376 g/mol. The maximum Gasteiger partial charge on any atom is 0.271 e. The molecule has 2 aromatic rings. The van der Waals surface area contributed by atoms with Crippen molar-refractivity contribution in [2.45, 2.75) is 12.5 Å². The summed E-state index contributed by atoms with van der Waals surface area (Å²) in [6.45, 7) is 1.26. The molecule has 1 fully saturated rings. The molecule has 1 aromatic carbocycles. The van der Waals surface area contributed by atoms with Crippen LogP contribution in [0.3, 0.4) is 0 Å². The second kappa shape index (κ2) is 7.59. The Morgan fingerprint density at radius 3 is 2.65 bits per heavy atom. The Kier molecular flexibility index (Phi) is 5.43. The fourth-order valence-electron chi connectivity index (χ4n) is 3.06. The van der Waals surface area contributed by atoms with E-state index in [1.807, 2.05) is 49.3 Å². The maximum atomic E-state index is 12.4. The molecule has 0 bridgehead atoms. The van der Waals surface area contributed by atoms with Crippen LogP contribution >= 0.6 is 0 Å². The number of rotatable bonds is 6. The molecule has 0 aliphatic carbocycles. The molecule has 0 spiro atoms. The van der Waals surface area contributed by atoms with Gasteiger partial charge in [0.15, 0.2) is 15.5 Å². The molecular weight excluding hydrogens is 352 g/mol. The van der Waals surface area contributed by atoms with Crippen molar-refractivity contribution in [3.8, 4) is 11.3 Å². The highest BCUT2D eigenvalue weighted by Gasteiger charge is 2.32. The van der Waals surface area contributed by atoms with E-state index >= 15 is 0 Å². The number of sulfone groups is 1. The first-order valence-electron chi connectivity index (χ1n) is 8.64. The Morgan fingerprint density at radius 2 is 2.04 bits per heavy atom. The molecular formula is C18H24N4O3S. The number of aromatic nitrogens is 2. The molecule has 3 rings (SSSR count). The number of hydrogen-bond acceptors (Lipinski definition) is 5. The molecule has 0 saturated carbocycles. The molecule has 8 heteroatoms. The second-order valence-electron chi connectivity index (χ2n) is 6.84. The van der Waals surface area contributed by atoms with E-state index in [9.17, 15) is 13.2 Å². The molecule has 1 atom stereocenters. The Morgan fingerprint density at radius 1 is 1.31 bits per heavy atom. The van der Waals surface area contributed by atoms with Crippen LogP contribution in [0.25, 0.3) is 11.3 Å². The summed E-state index contributed by atoms with van der Waals surface area (Å²) in [5.41, 5.74) is 1.99. The van der Waals surface area contributed by atoms with Crippen LogP contribution in [0.4, 0.5) is 0 Å². The van der Waals surface area contributed by atoms with E-state index in [0.717, 1.165) is 17.8 Å². The third-order valence-corrected chi connectivity index (χ3v) is 6.19. The minimum absolute atomic E-state index is 0.0657. The van der Waals surface area contributed by atoms with Crippen LogP contribution in [-0.2, 0) is 9.84 Å². The standard InChI is InChI=1S/C18H24N4O3S/c1-21(2)10-9-19-18(23)16-12-17(14-6-4-3-5-7-14)22(20-16)15-8-11-26(24,25)13-15/h3-7,12,15H,8-11,13H2,1-2H3,(H,19,23)/t15-/m1/s1. The van der Waals surface area contributed by atoms with Gasteiger partial charge in [0.05, 0.1) is 23.2 Å². The van der Waals surface area contributed by atoms with Crippen LogP contribution < -0.4 is 5.32 Å². The minimum Gasteiger partial charge on any atom is -0.349 e. The predicted molar refractivity (Wildman–Crippen MR) is 101 cm³/mol. The van der Waals surface area contributed by atoms with Crippen molar-refractivity contribution in [3.63, 3.8) is 0 Å². The van der Waals surface area contributed by atoms with Gasteiger partial charge in [0.25, 0.3) is 5.91 Å². The van der Waals surface area contributed by atoms with Gasteiger partial charge < -0.3 is 10.2 Å². The van der Waals surface area contributed by atoms with E-state index in [2.05, 4.69) is 10.4 Å². The summed E-state index contributed by atoms with van der Waals surface area (Å²) in [5, 5.41) is 7.31. The third-order valence-electron chi connectivity index (χ3n) is 4.44. The van der Waals surface area contributed by atoms with Crippen LogP contribution in [-0.4, -0.2) is 67.7 Å². The third kappa shape index (κ3) is 4.31. The number of carbonyl (C=O) groups excluding carboxylic acids is 1. The predicted octanol–water partition coefficient (Wildman–Crippen LogP) is 1.20. The van der Waals surface area contributed by atoms with Crippen molar-refractivity contribution < 1.29 is 13.2 Å². The lowest BCUT2D eigenvalue weighted by Crippen LogP contribution is -2.31. The van der Waals surface area contributed by atoms with E-state index in [0.29, 0.717) is 18.7 Å². The molecule has 2 heterocycles. The summed E-state index contributed by atoms with van der Waals surface area (Å²) in [6, 6.07) is 11.1. The van der Waals surface area contributed by atoms with Crippen molar-refractivity contribution in [2.75, 3.05) is 38.7 Å². The highest BCUT2D eigenvalue weighted by atomic mass is 32.2. The van der Waals surface area contributed by atoms with Gasteiger partial charge in [0.2, 0.25) is 0 Å². The fraction of sp³-hybridized carbons (Fsp3) is 0.444. The highest BCUT2D eigenvalue weighted by Crippen LogP contribution is 2.30. The Balaban J connectivity index is 1.89. The first-order chi connectivity index (χ1) is 12.4. The van der Waals surface area contributed by atoms with Gasteiger partial charge in [-0.15, -0.1) is 0 Å². The number of benzene rings is 1. The quantitative estimate of drug-likeness (QED) is 0.819. The molecule has 1 amide bonds. The zero-order valence-corrected chi connectivity index (χ0v) is 15.9. The van der Waals surface area contributed by atoms with Gasteiger partial charge in [-0.1, -0.05) is 30.3 Å². The smallest absolute Gasteiger partial charge is 0.271 e. The lowest BCUT2D eigenvalue weighted by molar-refractivity contribution is 0.0945. The number of nitrogens with one attached hydrogen (secondary N) is 1. The van der Waals surface area contributed by atoms with Crippen LogP contribution in [0.2, 0.25) is 0 Å². The highest BCUT2D eigenvalue weighted by molar-refractivity contribution is 7.91. The van der Waals surface area contributed by atoms with Gasteiger partial charge in [-0.3, -0.25) is 9.48 Å². The Bertz CT molecular complexity index is 875. The zero-order chi connectivity index (χ0) is 18.7. The number of hydrogen-bond donors (Lipinski definition) is 1. The first kappa shape index (κ1) is 18.6. The number of nitrogens with zero attached hydrogens (tertiary/aromatic N) is 3. The monoisotopic (exact) mass is 376 g/mol. The van der Waals surface area contributed by atoms with Crippen molar-refractivity contribution in [3.05, 3.63) is 42.1 Å². The van der Waals surface area contributed by atoms with Gasteiger partial charge >= 0.3 is 0 Å². The molecule has 1 aliphatic rings. The lowest BCUT2D eigenvalue weighted by Gasteiger charge is -2.13. The van der Waals surface area contributed by atoms with Gasteiger partial charge in [0.1, 0.15) is 0 Å². The van der Waals surface area contributed by atoms with Crippen LogP contribution in [0.1, 0.15) is 23.0 Å². The summed E-state index contributed by atoms with van der Waals surface area (Å²) < 4.78 is 25.5. The minimum atomic E-state index is -3.04. The topological polar surface area (TPSA) is 84.3 Å². The van der Waals surface area contributed by atoms with E-state index < -0.39 is 9.84 Å². The molecule has 26 heavy (non-hydrogen) atoms. The summed E-state index contributed by atoms with van der Waals surface area (Å²) in [7, 11) is 0.835. The number of likely N-dealkylation sites (N-methyl/N-ethyl adjacent to an activating group) is 1. The molecule has 1 saturated heterocycles. The second-order valence-corrected chi connectivity index (χ2v) is 9.07. The van der Waals surface area contributed by atoms with E-state index in [1.54, 1.807) is 10.7 Å². The average Bonchev–Trinajstić information content (AvgIpc) is 3.18. The Labute approximate surface area is 153 Å². The van der Waals surface area contributed by atoms with E-state index in [1.165, 1.54) is 0 Å². The SMILES string of the molecule is CN(C)CCNC(=O)c1cc(-c2ccccc2)n([C@@H]2CCS(=O)(=O)C2)n1. The number of amides is 1. The molecule has 1 aromatic heterocycles. The normalized spacial score (nSPS) is 19.0. The van der Waals surface area contributed by atoms with Crippen LogP contribution in [0.15, 0.2) is 36.4 Å². The van der Waals surface area contributed by atoms with E-state index in [4.69, 9.17) is 0 Å². The van der Waals surface area contributed by atoms with Crippen molar-refractivity contribution in [1.29, 1.82) is 0 Å². The molecule has 1 N–H and O–H groups in total. The molecule has 0 unspecified atom stereocenters. The summed E-state index contributed by atoms with van der Waals surface area (Å²) in [5.74, 6) is -0.0181. The lowest BCUT2D eigenvalue weighted by atomic mass is 10.1. The molecule has 140 valence electrons. The van der Waals surface area contributed by atoms with Crippen molar-refractivity contribution >= 4 is 15.7 Å². The maximum absolute atomic E-state index is 12.4. The molecule has 0 radical (unpaired) electrons. The fourth-order valence-corrected chi connectivity index (χ4v) is 4.75. The van der Waals surface area contributed by atoms with Gasteiger partial charge in [0, 0.05) is 13.1 Å². The van der Waals surface area contributed by atoms with Crippen molar-refractivity contribution in [2.24, 2.45) is 0 Å². The summed E-state index contributed by atoms with van der Waals surface area (Å²) >= 11 is 0. The Hall–Kier alpha value is -2.19. The van der Waals surface area contributed by atoms with E-state index in [-0.39, 0.29) is 23.5 Å². The van der Waals surface area contributed by atoms with Gasteiger partial charge in [-0.25, -0.2) is 8.42 Å².